The van der Waals surface area contributed by atoms with Crippen molar-refractivity contribution >= 4 is 17.5 Å². The molecule has 4 nitrogen and oxygen atoms in total. The number of fused-ring (bicyclic) bond motifs is 1. The summed E-state index contributed by atoms with van der Waals surface area (Å²) >= 11 is 6.40. The molecule has 5 heteroatoms. The highest BCUT2D eigenvalue weighted by molar-refractivity contribution is 6.31. The first-order chi connectivity index (χ1) is 10.0. The molecule has 1 aliphatic rings. The molecule has 1 heterocycles. The van der Waals surface area contributed by atoms with E-state index in [2.05, 4.69) is 0 Å². The number of hydrogen-bond acceptors (Lipinski definition) is 3. The van der Waals surface area contributed by atoms with Crippen LogP contribution in [0.2, 0.25) is 0 Å². The van der Waals surface area contributed by atoms with Crippen molar-refractivity contribution in [2.45, 2.75) is 38.7 Å². The topological polar surface area (TPSA) is 38.8 Å². The van der Waals surface area contributed by atoms with Crippen LogP contribution in [0.15, 0.2) is 12.1 Å². The quantitative estimate of drug-likeness (QED) is 0.784. The van der Waals surface area contributed by atoms with E-state index in [-0.39, 0.29) is 12.0 Å². The number of benzene rings is 1. The summed E-state index contributed by atoms with van der Waals surface area (Å²) in [6.07, 6.45) is 0.996. The van der Waals surface area contributed by atoms with E-state index in [1.165, 1.54) is 0 Å². The summed E-state index contributed by atoms with van der Waals surface area (Å²) in [7, 11) is 1.59. The van der Waals surface area contributed by atoms with E-state index in [0.29, 0.717) is 24.4 Å². The second kappa shape index (κ2) is 6.56. The zero-order valence-corrected chi connectivity index (χ0v) is 13.7. The summed E-state index contributed by atoms with van der Waals surface area (Å²) in [5, 5.41) is -0.760. The standard InChI is InChI=1S/C16H22ClNO3/c1-5-18(6-2)16(19)15(17)12-9-13-11(7-10(3)21-13)8-14(12)20-4/h8-10,15H,5-7H2,1-4H3. The number of hydrogen-bond donors (Lipinski definition) is 0. The van der Waals surface area contributed by atoms with E-state index in [0.717, 1.165) is 17.7 Å². The smallest absolute Gasteiger partial charge is 0.245 e. The third-order valence-corrected chi connectivity index (χ3v) is 4.24. The summed E-state index contributed by atoms with van der Waals surface area (Å²) in [6.45, 7) is 7.18. The van der Waals surface area contributed by atoms with Crippen LogP contribution in [0.4, 0.5) is 0 Å². The van der Waals surface area contributed by atoms with Gasteiger partial charge in [-0.3, -0.25) is 4.79 Å². The van der Waals surface area contributed by atoms with Crippen LogP contribution in [-0.4, -0.2) is 37.1 Å². The average molecular weight is 312 g/mol. The van der Waals surface area contributed by atoms with Gasteiger partial charge in [-0.15, -0.1) is 11.6 Å². The average Bonchev–Trinajstić information content (AvgIpc) is 2.85. The number of likely N-dealkylation sites (N-methyl/N-ethyl adjacent to an activating group) is 1. The lowest BCUT2D eigenvalue weighted by Gasteiger charge is -2.23. The number of halogens is 1. The predicted molar refractivity (Wildman–Crippen MR) is 83.3 cm³/mol. The SMILES string of the molecule is CCN(CC)C(=O)C(Cl)c1cc2c(cc1OC)CC(C)O2. The van der Waals surface area contributed by atoms with E-state index in [1.54, 1.807) is 12.0 Å². The second-order valence-corrected chi connectivity index (χ2v) is 5.64. The molecule has 2 atom stereocenters. The minimum absolute atomic E-state index is 0.106. The maximum atomic E-state index is 12.4. The molecule has 1 aliphatic heterocycles. The molecular formula is C16H22ClNO3. The monoisotopic (exact) mass is 311 g/mol. The van der Waals surface area contributed by atoms with Crippen molar-refractivity contribution in [3.05, 3.63) is 23.3 Å². The Labute approximate surface area is 131 Å². The van der Waals surface area contributed by atoms with Crippen LogP contribution in [0, 0.1) is 0 Å². The Morgan fingerprint density at radius 1 is 1.48 bits per heavy atom. The van der Waals surface area contributed by atoms with Crippen molar-refractivity contribution in [2.75, 3.05) is 20.2 Å². The van der Waals surface area contributed by atoms with Gasteiger partial charge < -0.3 is 14.4 Å². The van der Waals surface area contributed by atoms with Crippen molar-refractivity contribution in [3.63, 3.8) is 0 Å². The van der Waals surface area contributed by atoms with E-state index in [9.17, 15) is 4.79 Å². The van der Waals surface area contributed by atoms with Crippen LogP contribution < -0.4 is 9.47 Å². The van der Waals surface area contributed by atoms with Crippen molar-refractivity contribution in [2.24, 2.45) is 0 Å². The van der Waals surface area contributed by atoms with Gasteiger partial charge in [0.05, 0.1) is 7.11 Å². The van der Waals surface area contributed by atoms with Gasteiger partial charge in [-0.1, -0.05) is 0 Å². The molecule has 0 radical (unpaired) electrons. The normalized spacial score (nSPS) is 17.9. The summed E-state index contributed by atoms with van der Waals surface area (Å²) in [5.41, 5.74) is 1.77. The molecule has 0 spiro atoms. The van der Waals surface area contributed by atoms with E-state index in [1.807, 2.05) is 32.9 Å². The Bertz CT molecular complexity index is 528. The molecule has 1 amide bonds. The van der Waals surface area contributed by atoms with Crippen LogP contribution in [0.25, 0.3) is 0 Å². The zero-order chi connectivity index (χ0) is 15.6. The van der Waals surface area contributed by atoms with Crippen molar-refractivity contribution < 1.29 is 14.3 Å². The maximum Gasteiger partial charge on any atom is 0.245 e. The van der Waals surface area contributed by atoms with Gasteiger partial charge in [0, 0.05) is 30.6 Å². The summed E-state index contributed by atoms with van der Waals surface area (Å²) in [6, 6.07) is 3.77. The first-order valence-corrected chi connectivity index (χ1v) is 7.75. The maximum absolute atomic E-state index is 12.4. The molecule has 1 aromatic carbocycles. The first-order valence-electron chi connectivity index (χ1n) is 7.32. The molecule has 0 aromatic heterocycles. The van der Waals surface area contributed by atoms with Crippen molar-refractivity contribution in [1.29, 1.82) is 0 Å². The van der Waals surface area contributed by atoms with Crippen molar-refractivity contribution in [3.8, 4) is 11.5 Å². The Kier molecular flexibility index (Phi) is 4.99. The number of carbonyl (C=O) groups is 1. The highest BCUT2D eigenvalue weighted by Gasteiger charge is 2.29. The minimum Gasteiger partial charge on any atom is -0.496 e. The fraction of sp³-hybridized carbons (Fsp3) is 0.562. The molecule has 0 N–H and O–H groups in total. The number of ether oxygens (including phenoxy) is 2. The van der Waals surface area contributed by atoms with Crippen LogP contribution in [-0.2, 0) is 11.2 Å². The molecule has 116 valence electrons. The van der Waals surface area contributed by atoms with Crippen molar-refractivity contribution in [1.82, 2.24) is 4.90 Å². The largest absolute Gasteiger partial charge is 0.496 e. The van der Waals surface area contributed by atoms with E-state index in [4.69, 9.17) is 21.1 Å². The number of amides is 1. The third kappa shape index (κ3) is 3.10. The summed E-state index contributed by atoms with van der Waals surface area (Å²) in [4.78, 5) is 14.2. The summed E-state index contributed by atoms with van der Waals surface area (Å²) in [5.74, 6) is 1.34. The first kappa shape index (κ1) is 16.0. The Morgan fingerprint density at radius 2 is 2.14 bits per heavy atom. The molecule has 2 unspecified atom stereocenters. The minimum atomic E-state index is -0.760. The van der Waals surface area contributed by atoms with E-state index < -0.39 is 5.38 Å². The van der Waals surface area contributed by atoms with Crippen LogP contribution in [0.1, 0.15) is 37.3 Å². The molecular weight excluding hydrogens is 290 g/mol. The van der Waals surface area contributed by atoms with Gasteiger partial charge in [0.1, 0.15) is 23.0 Å². The van der Waals surface area contributed by atoms with E-state index >= 15 is 0 Å². The Morgan fingerprint density at radius 3 is 2.71 bits per heavy atom. The second-order valence-electron chi connectivity index (χ2n) is 5.21. The molecule has 0 saturated heterocycles. The van der Waals surface area contributed by atoms with Gasteiger partial charge in [0.15, 0.2) is 0 Å². The highest BCUT2D eigenvalue weighted by Crippen LogP contribution is 2.39. The lowest BCUT2D eigenvalue weighted by molar-refractivity contribution is -0.130. The number of rotatable bonds is 5. The van der Waals surface area contributed by atoms with Crippen LogP contribution >= 0.6 is 11.6 Å². The molecule has 1 aromatic rings. The lowest BCUT2D eigenvalue weighted by atomic mass is 10.0. The number of methoxy groups -OCH3 is 1. The lowest BCUT2D eigenvalue weighted by Crippen LogP contribution is -2.33. The molecule has 21 heavy (non-hydrogen) atoms. The molecule has 0 saturated carbocycles. The Balaban J connectivity index is 2.35. The van der Waals surface area contributed by atoms with Crippen LogP contribution in [0.5, 0.6) is 11.5 Å². The van der Waals surface area contributed by atoms with Gasteiger partial charge in [-0.05, 0) is 32.9 Å². The zero-order valence-electron chi connectivity index (χ0n) is 13.0. The van der Waals surface area contributed by atoms with Gasteiger partial charge in [-0.2, -0.15) is 0 Å². The molecule has 0 aliphatic carbocycles. The molecule has 0 fully saturated rings. The van der Waals surface area contributed by atoms with Gasteiger partial charge in [-0.25, -0.2) is 0 Å². The fourth-order valence-electron chi connectivity index (χ4n) is 2.66. The highest BCUT2D eigenvalue weighted by atomic mass is 35.5. The predicted octanol–water partition coefficient (Wildman–Crippen LogP) is 3.17. The third-order valence-electron chi connectivity index (χ3n) is 3.81. The number of alkyl halides is 1. The molecule has 2 rings (SSSR count). The molecule has 0 bridgehead atoms. The number of nitrogens with zero attached hydrogens (tertiary/aromatic N) is 1. The van der Waals surface area contributed by atoms with Gasteiger partial charge in [0.2, 0.25) is 5.91 Å². The fourth-order valence-corrected chi connectivity index (χ4v) is 2.97. The number of carbonyl (C=O) groups excluding carboxylic acids is 1. The van der Waals surface area contributed by atoms with Gasteiger partial charge >= 0.3 is 0 Å². The summed E-state index contributed by atoms with van der Waals surface area (Å²) < 4.78 is 11.2. The van der Waals surface area contributed by atoms with Crippen LogP contribution in [0.3, 0.4) is 0 Å². The van der Waals surface area contributed by atoms with Gasteiger partial charge in [0.25, 0.3) is 0 Å². The Hall–Kier alpha value is -1.42.